The van der Waals surface area contributed by atoms with Crippen LogP contribution in [0.5, 0.6) is 0 Å². The molecule has 4 unspecified atom stereocenters. The third kappa shape index (κ3) is 4.36. The van der Waals surface area contributed by atoms with Crippen LogP contribution in [0.1, 0.15) is 47.5 Å². The number of hydrogen-bond donors (Lipinski definition) is 1. The van der Waals surface area contributed by atoms with E-state index in [0.717, 1.165) is 11.1 Å². The minimum absolute atomic E-state index is 0.472. The van der Waals surface area contributed by atoms with E-state index in [2.05, 4.69) is 39.9 Å². The molecule has 0 amide bonds. The van der Waals surface area contributed by atoms with Gasteiger partial charge < -0.3 is 5.32 Å². The molecule has 0 aliphatic carbocycles. The van der Waals surface area contributed by atoms with E-state index in [9.17, 15) is 0 Å². The Morgan fingerprint density at radius 1 is 1.44 bits per heavy atom. The van der Waals surface area contributed by atoms with Crippen molar-refractivity contribution in [3.63, 3.8) is 0 Å². The smallest absolute Gasteiger partial charge is 0.157 e. The van der Waals surface area contributed by atoms with Gasteiger partial charge in [0.1, 0.15) is 0 Å². The average molecular weight is 242 g/mol. The van der Waals surface area contributed by atoms with Gasteiger partial charge in [-0.3, -0.25) is 4.99 Å². The molecular formula is C13H26N2S. The summed E-state index contributed by atoms with van der Waals surface area (Å²) in [6, 6.07) is 1.02. The van der Waals surface area contributed by atoms with Crippen LogP contribution >= 0.6 is 11.8 Å². The van der Waals surface area contributed by atoms with E-state index in [1.54, 1.807) is 0 Å². The summed E-state index contributed by atoms with van der Waals surface area (Å²) in [5.74, 6) is 2.71. The molecule has 0 aromatic carbocycles. The van der Waals surface area contributed by atoms with Crippen LogP contribution in [0.4, 0.5) is 0 Å². The summed E-state index contributed by atoms with van der Waals surface area (Å²) in [5.41, 5.74) is 0. The molecule has 4 atom stereocenters. The van der Waals surface area contributed by atoms with E-state index in [1.165, 1.54) is 18.6 Å². The molecule has 1 aliphatic heterocycles. The normalized spacial score (nSPS) is 29.4. The lowest BCUT2D eigenvalue weighted by Crippen LogP contribution is -2.36. The standard InChI is InChI=1S/C13H26N2S/c1-6-9(2)7-11(4)14-13-15-12(5)10(3)8-16-13/h9-12H,6-8H2,1-5H3,(H,14,15). The first-order valence-corrected chi connectivity index (χ1v) is 7.48. The second-order valence-corrected chi connectivity index (χ2v) is 6.27. The summed E-state index contributed by atoms with van der Waals surface area (Å²) in [5, 5.41) is 4.70. The molecular weight excluding hydrogens is 216 g/mol. The number of nitrogens with zero attached hydrogens (tertiary/aromatic N) is 1. The minimum Gasteiger partial charge on any atom is -0.362 e. The quantitative estimate of drug-likeness (QED) is 0.815. The lowest BCUT2D eigenvalue weighted by molar-refractivity contribution is 0.447. The van der Waals surface area contributed by atoms with Crippen molar-refractivity contribution in [2.24, 2.45) is 16.8 Å². The van der Waals surface area contributed by atoms with Crippen LogP contribution in [0, 0.1) is 11.8 Å². The SMILES string of the molecule is CCC(C)CC(C)NC1=NC(C)C(C)CS1. The van der Waals surface area contributed by atoms with Crippen LogP contribution in [0.3, 0.4) is 0 Å². The molecule has 0 aromatic heterocycles. The molecule has 1 aliphatic rings. The zero-order chi connectivity index (χ0) is 12.1. The largest absolute Gasteiger partial charge is 0.362 e. The van der Waals surface area contributed by atoms with Crippen molar-refractivity contribution in [2.45, 2.75) is 59.5 Å². The third-order valence-electron chi connectivity index (χ3n) is 3.45. The Morgan fingerprint density at radius 3 is 2.69 bits per heavy atom. The second kappa shape index (κ2) is 6.53. The zero-order valence-electron chi connectivity index (χ0n) is 11.3. The highest BCUT2D eigenvalue weighted by Crippen LogP contribution is 2.22. The van der Waals surface area contributed by atoms with Crippen LogP contribution in [0.15, 0.2) is 4.99 Å². The van der Waals surface area contributed by atoms with Crippen LogP contribution < -0.4 is 5.32 Å². The van der Waals surface area contributed by atoms with E-state index >= 15 is 0 Å². The highest BCUT2D eigenvalue weighted by atomic mass is 32.2. The molecule has 0 fully saturated rings. The minimum atomic E-state index is 0.472. The zero-order valence-corrected chi connectivity index (χ0v) is 12.1. The number of hydrogen-bond acceptors (Lipinski definition) is 3. The first kappa shape index (κ1) is 13.9. The van der Waals surface area contributed by atoms with Crippen molar-refractivity contribution < 1.29 is 0 Å². The Morgan fingerprint density at radius 2 is 2.12 bits per heavy atom. The van der Waals surface area contributed by atoms with Gasteiger partial charge in [0.15, 0.2) is 5.17 Å². The molecule has 0 radical (unpaired) electrons. The van der Waals surface area contributed by atoms with E-state index in [4.69, 9.17) is 4.99 Å². The Labute approximate surface area is 105 Å². The van der Waals surface area contributed by atoms with Gasteiger partial charge in [0.25, 0.3) is 0 Å². The van der Waals surface area contributed by atoms with Crippen LogP contribution in [0.2, 0.25) is 0 Å². The highest BCUT2D eigenvalue weighted by Gasteiger charge is 2.20. The van der Waals surface area contributed by atoms with Gasteiger partial charge in [0.05, 0.1) is 6.04 Å². The first-order chi connectivity index (χ1) is 7.52. The predicted octanol–water partition coefficient (Wildman–Crippen LogP) is 3.53. The van der Waals surface area contributed by atoms with Crippen molar-refractivity contribution in [2.75, 3.05) is 5.75 Å². The number of rotatable bonds is 4. The van der Waals surface area contributed by atoms with Crippen molar-refractivity contribution in [1.29, 1.82) is 0 Å². The summed E-state index contributed by atoms with van der Waals surface area (Å²) in [7, 11) is 0. The van der Waals surface area contributed by atoms with Crippen LogP contribution in [-0.4, -0.2) is 23.0 Å². The number of thioether (sulfide) groups is 1. The van der Waals surface area contributed by atoms with Crippen LogP contribution in [0.25, 0.3) is 0 Å². The lowest BCUT2D eigenvalue weighted by atomic mass is 10.0. The van der Waals surface area contributed by atoms with Gasteiger partial charge in [-0.05, 0) is 32.1 Å². The fraction of sp³-hybridized carbons (Fsp3) is 0.923. The molecule has 3 heteroatoms. The number of amidine groups is 1. The lowest BCUT2D eigenvalue weighted by Gasteiger charge is -2.26. The molecule has 0 aromatic rings. The Balaban J connectivity index is 2.39. The van der Waals surface area contributed by atoms with Gasteiger partial charge in [0, 0.05) is 11.8 Å². The molecule has 0 saturated carbocycles. The molecule has 0 spiro atoms. The molecule has 1 heterocycles. The van der Waals surface area contributed by atoms with Crippen molar-refractivity contribution >= 4 is 16.9 Å². The van der Waals surface area contributed by atoms with E-state index < -0.39 is 0 Å². The average Bonchev–Trinajstić information content (AvgIpc) is 2.23. The Kier molecular flexibility index (Phi) is 5.67. The fourth-order valence-electron chi connectivity index (χ4n) is 1.82. The maximum Gasteiger partial charge on any atom is 0.157 e. The summed E-state index contributed by atoms with van der Waals surface area (Å²) in [6.45, 7) is 11.3. The van der Waals surface area contributed by atoms with E-state index in [1.807, 2.05) is 11.8 Å². The molecule has 1 rings (SSSR count). The monoisotopic (exact) mass is 242 g/mol. The maximum atomic E-state index is 4.70. The summed E-state index contributed by atoms with van der Waals surface area (Å²) >= 11 is 1.88. The third-order valence-corrected chi connectivity index (χ3v) is 4.64. The summed E-state index contributed by atoms with van der Waals surface area (Å²) in [6.07, 6.45) is 2.50. The molecule has 0 bridgehead atoms. The predicted molar refractivity (Wildman–Crippen MR) is 75.2 cm³/mol. The maximum absolute atomic E-state index is 4.70. The molecule has 0 saturated heterocycles. The highest BCUT2D eigenvalue weighted by molar-refractivity contribution is 8.13. The molecule has 94 valence electrons. The van der Waals surface area contributed by atoms with Crippen molar-refractivity contribution in [3.05, 3.63) is 0 Å². The van der Waals surface area contributed by atoms with Gasteiger partial charge >= 0.3 is 0 Å². The van der Waals surface area contributed by atoms with Crippen molar-refractivity contribution in [3.8, 4) is 0 Å². The summed E-state index contributed by atoms with van der Waals surface area (Å²) in [4.78, 5) is 4.70. The Hall–Kier alpha value is -0.180. The van der Waals surface area contributed by atoms with Gasteiger partial charge in [-0.15, -0.1) is 0 Å². The van der Waals surface area contributed by atoms with Gasteiger partial charge in [-0.25, -0.2) is 0 Å². The van der Waals surface area contributed by atoms with Crippen LogP contribution in [-0.2, 0) is 0 Å². The molecule has 1 N–H and O–H groups in total. The number of nitrogens with one attached hydrogen (secondary N) is 1. The fourth-order valence-corrected chi connectivity index (χ4v) is 3.04. The molecule has 2 nitrogen and oxygen atoms in total. The first-order valence-electron chi connectivity index (χ1n) is 6.50. The van der Waals surface area contributed by atoms with Crippen molar-refractivity contribution in [1.82, 2.24) is 5.32 Å². The van der Waals surface area contributed by atoms with E-state index in [-0.39, 0.29) is 0 Å². The topological polar surface area (TPSA) is 24.4 Å². The number of aliphatic imine (C=N–C) groups is 1. The van der Waals surface area contributed by atoms with Gasteiger partial charge in [-0.1, -0.05) is 39.0 Å². The van der Waals surface area contributed by atoms with Gasteiger partial charge in [-0.2, -0.15) is 0 Å². The van der Waals surface area contributed by atoms with E-state index in [0.29, 0.717) is 18.0 Å². The second-order valence-electron chi connectivity index (χ2n) is 5.26. The molecule has 16 heavy (non-hydrogen) atoms. The van der Waals surface area contributed by atoms with Gasteiger partial charge in [0.2, 0.25) is 0 Å². The summed E-state index contributed by atoms with van der Waals surface area (Å²) < 4.78 is 0. The Bertz CT molecular complexity index is 240.